The molecule has 122 valence electrons. The summed E-state index contributed by atoms with van der Waals surface area (Å²) in [6, 6.07) is 14.7. The van der Waals surface area contributed by atoms with Crippen molar-refractivity contribution < 1.29 is 9.21 Å². The number of amides is 1. The Morgan fingerprint density at radius 3 is 2.54 bits per heavy atom. The maximum atomic E-state index is 11.9. The summed E-state index contributed by atoms with van der Waals surface area (Å²) in [5.41, 5.74) is 2.70. The van der Waals surface area contributed by atoms with Gasteiger partial charge in [0.2, 0.25) is 11.8 Å². The van der Waals surface area contributed by atoms with Crippen molar-refractivity contribution in [1.29, 1.82) is 0 Å². The first-order chi connectivity index (χ1) is 11.6. The normalized spacial score (nSPS) is 10.6. The van der Waals surface area contributed by atoms with E-state index in [4.69, 9.17) is 16.0 Å². The van der Waals surface area contributed by atoms with E-state index in [1.54, 1.807) is 24.3 Å². The van der Waals surface area contributed by atoms with Gasteiger partial charge in [0.05, 0.1) is 5.75 Å². The standard InChI is InChI=1S/C17H14ClN3O2S/c1-11-2-4-12(5-3-11)16-20-21-17(23-16)24-10-15(22)19-14-8-6-13(18)7-9-14/h2-9H,10H2,1H3,(H,19,22). The molecule has 0 fully saturated rings. The molecule has 3 aromatic rings. The minimum Gasteiger partial charge on any atom is -0.411 e. The van der Waals surface area contributed by atoms with E-state index < -0.39 is 0 Å². The van der Waals surface area contributed by atoms with Gasteiger partial charge in [-0.3, -0.25) is 4.79 Å². The number of carbonyl (C=O) groups is 1. The van der Waals surface area contributed by atoms with Crippen molar-refractivity contribution in [2.45, 2.75) is 12.1 Å². The van der Waals surface area contributed by atoms with E-state index in [0.29, 0.717) is 21.8 Å². The lowest BCUT2D eigenvalue weighted by molar-refractivity contribution is -0.113. The molecule has 0 spiro atoms. The zero-order valence-electron chi connectivity index (χ0n) is 12.8. The third-order valence-corrected chi connectivity index (χ3v) is 4.23. The van der Waals surface area contributed by atoms with Crippen LogP contribution in [0.1, 0.15) is 5.56 Å². The molecule has 5 nitrogen and oxygen atoms in total. The number of aromatic nitrogens is 2. The quantitative estimate of drug-likeness (QED) is 0.682. The summed E-state index contributed by atoms with van der Waals surface area (Å²) in [7, 11) is 0. The van der Waals surface area contributed by atoms with Gasteiger partial charge in [-0.2, -0.15) is 0 Å². The van der Waals surface area contributed by atoms with Crippen LogP contribution >= 0.6 is 23.4 Å². The highest BCUT2D eigenvalue weighted by atomic mass is 35.5. The largest absolute Gasteiger partial charge is 0.411 e. The molecular formula is C17H14ClN3O2S. The predicted octanol–water partition coefficient (Wildman–Crippen LogP) is 4.43. The molecule has 1 heterocycles. The van der Waals surface area contributed by atoms with Crippen molar-refractivity contribution >= 4 is 35.0 Å². The fourth-order valence-electron chi connectivity index (χ4n) is 1.94. The molecule has 1 aromatic heterocycles. The Kier molecular flexibility index (Phi) is 5.17. The van der Waals surface area contributed by atoms with Crippen LogP contribution in [0.2, 0.25) is 5.02 Å². The lowest BCUT2D eigenvalue weighted by Crippen LogP contribution is -2.13. The molecule has 1 amide bonds. The first-order valence-electron chi connectivity index (χ1n) is 7.19. The van der Waals surface area contributed by atoms with Crippen LogP contribution in [-0.4, -0.2) is 21.9 Å². The Labute approximate surface area is 148 Å². The average molecular weight is 360 g/mol. The molecule has 0 aliphatic carbocycles. The average Bonchev–Trinajstić information content (AvgIpc) is 3.05. The fraction of sp³-hybridized carbons (Fsp3) is 0.118. The van der Waals surface area contributed by atoms with Crippen LogP contribution < -0.4 is 5.32 Å². The van der Waals surface area contributed by atoms with Crippen LogP contribution in [0, 0.1) is 6.92 Å². The molecule has 0 unspecified atom stereocenters. The Bertz CT molecular complexity index is 832. The summed E-state index contributed by atoms with van der Waals surface area (Å²) >= 11 is 7.00. The van der Waals surface area contributed by atoms with E-state index in [9.17, 15) is 4.79 Å². The third kappa shape index (κ3) is 4.37. The van der Waals surface area contributed by atoms with Gasteiger partial charge in [0.1, 0.15) is 0 Å². The summed E-state index contributed by atoms with van der Waals surface area (Å²) in [4.78, 5) is 11.9. The van der Waals surface area contributed by atoms with Gasteiger partial charge in [-0.15, -0.1) is 10.2 Å². The first-order valence-corrected chi connectivity index (χ1v) is 8.55. The minimum atomic E-state index is -0.155. The molecule has 0 saturated carbocycles. The number of carbonyl (C=O) groups excluding carboxylic acids is 1. The fourth-order valence-corrected chi connectivity index (χ4v) is 2.63. The Hall–Kier alpha value is -2.31. The number of aryl methyl sites for hydroxylation is 1. The van der Waals surface area contributed by atoms with Gasteiger partial charge < -0.3 is 9.73 Å². The number of rotatable bonds is 5. The van der Waals surface area contributed by atoms with Crippen LogP contribution in [0.3, 0.4) is 0 Å². The lowest BCUT2D eigenvalue weighted by Gasteiger charge is -2.03. The van der Waals surface area contributed by atoms with Crippen LogP contribution in [0.15, 0.2) is 58.2 Å². The highest BCUT2D eigenvalue weighted by Crippen LogP contribution is 2.23. The Morgan fingerprint density at radius 1 is 1.12 bits per heavy atom. The van der Waals surface area contributed by atoms with Gasteiger partial charge in [0.25, 0.3) is 5.22 Å². The van der Waals surface area contributed by atoms with E-state index in [2.05, 4.69) is 15.5 Å². The van der Waals surface area contributed by atoms with Crippen molar-refractivity contribution in [3.05, 3.63) is 59.1 Å². The lowest BCUT2D eigenvalue weighted by atomic mass is 10.1. The first kappa shape index (κ1) is 16.5. The highest BCUT2D eigenvalue weighted by Gasteiger charge is 2.11. The number of benzene rings is 2. The Balaban J connectivity index is 1.56. The molecule has 0 aliphatic rings. The van der Waals surface area contributed by atoms with Gasteiger partial charge in [0.15, 0.2) is 0 Å². The molecule has 0 bridgehead atoms. The number of nitrogens with zero attached hydrogens (tertiary/aromatic N) is 2. The molecule has 0 radical (unpaired) electrons. The summed E-state index contributed by atoms with van der Waals surface area (Å²) < 4.78 is 5.57. The Morgan fingerprint density at radius 2 is 1.83 bits per heavy atom. The zero-order chi connectivity index (χ0) is 16.9. The van der Waals surface area contributed by atoms with Gasteiger partial charge in [0, 0.05) is 16.3 Å². The molecule has 3 rings (SSSR count). The topological polar surface area (TPSA) is 68.0 Å². The van der Waals surface area contributed by atoms with Gasteiger partial charge in [-0.05, 0) is 43.3 Å². The van der Waals surface area contributed by atoms with Crippen LogP contribution in [0.5, 0.6) is 0 Å². The van der Waals surface area contributed by atoms with Crippen molar-refractivity contribution in [1.82, 2.24) is 10.2 Å². The number of nitrogens with one attached hydrogen (secondary N) is 1. The molecule has 7 heteroatoms. The van der Waals surface area contributed by atoms with E-state index in [-0.39, 0.29) is 11.7 Å². The molecule has 24 heavy (non-hydrogen) atoms. The predicted molar refractivity (Wildman–Crippen MR) is 95.3 cm³/mol. The second-order valence-electron chi connectivity index (χ2n) is 5.08. The molecule has 1 N–H and O–H groups in total. The van der Waals surface area contributed by atoms with Gasteiger partial charge in [-0.25, -0.2) is 0 Å². The van der Waals surface area contributed by atoms with Crippen LogP contribution in [-0.2, 0) is 4.79 Å². The maximum Gasteiger partial charge on any atom is 0.277 e. The zero-order valence-corrected chi connectivity index (χ0v) is 14.4. The maximum absolute atomic E-state index is 11.9. The second-order valence-corrected chi connectivity index (χ2v) is 6.45. The number of anilines is 1. The second kappa shape index (κ2) is 7.51. The van der Waals surface area contributed by atoms with Gasteiger partial charge in [-0.1, -0.05) is 41.1 Å². The SMILES string of the molecule is Cc1ccc(-c2nnc(SCC(=O)Nc3ccc(Cl)cc3)o2)cc1. The monoisotopic (exact) mass is 359 g/mol. The molecule has 2 aromatic carbocycles. The van der Waals surface area contributed by atoms with Crippen molar-refractivity contribution in [3.8, 4) is 11.5 Å². The van der Waals surface area contributed by atoms with Crippen molar-refractivity contribution in [2.75, 3.05) is 11.1 Å². The number of halogens is 1. The number of hydrogen-bond donors (Lipinski definition) is 1. The molecule has 0 atom stereocenters. The summed E-state index contributed by atoms with van der Waals surface area (Å²) in [6.07, 6.45) is 0. The van der Waals surface area contributed by atoms with Crippen molar-refractivity contribution in [2.24, 2.45) is 0 Å². The molecule has 0 saturated heterocycles. The third-order valence-electron chi connectivity index (χ3n) is 3.16. The smallest absolute Gasteiger partial charge is 0.277 e. The summed E-state index contributed by atoms with van der Waals surface area (Å²) in [5, 5.41) is 11.7. The number of thioether (sulfide) groups is 1. The van der Waals surface area contributed by atoms with E-state index >= 15 is 0 Å². The van der Waals surface area contributed by atoms with E-state index in [1.165, 1.54) is 11.8 Å². The van der Waals surface area contributed by atoms with E-state index in [1.807, 2.05) is 31.2 Å². The molecule has 0 aliphatic heterocycles. The minimum absolute atomic E-state index is 0.155. The van der Waals surface area contributed by atoms with Crippen molar-refractivity contribution in [3.63, 3.8) is 0 Å². The highest BCUT2D eigenvalue weighted by molar-refractivity contribution is 7.99. The van der Waals surface area contributed by atoms with Gasteiger partial charge >= 0.3 is 0 Å². The summed E-state index contributed by atoms with van der Waals surface area (Å²) in [6.45, 7) is 2.01. The number of hydrogen-bond acceptors (Lipinski definition) is 5. The molecular weight excluding hydrogens is 346 g/mol. The van der Waals surface area contributed by atoms with Crippen LogP contribution in [0.25, 0.3) is 11.5 Å². The van der Waals surface area contributed by atoms with E-state index in [0.717, 1.165) is 11.1 Å². The summed E-state index contributed by atoms with van der Waals surface area (Å²) in [5.74, 6) is 0.464. The van der Waals surface area contributed by atoms with Crippen LogP contribution in [0.4, 0.5) is 5.69 Å².